The summed E-state index contributed by atoms with van der Waals surface area (Å²) in [5, 5.41) is 5.26. The molecule has 0 saturated carbocycles. The summed E-state index contributed by atoms with van der Waals surface area (Å²) in [6.07, 6.45) is 6.09. The van der Waals surface area contributed by atoms with Gasteiger partial charge in [-0.2, -0.15) is 0 Å². The predicted octanol–water partition coefficient (Wildman–Crippen LogP) is 6.19. The van der Waals surface area contributed by atoms with Crippen LogP contribution < -0.4 is 5.32 Å². The van der Waals surface area contributed by atoms with E-state index in [4.69, 9.17) is 11.6 Å². The summed E-state index contributed by atoms with van der Waals surface area (Å²) in [6, 6.07) is 13.9. The molecule has 0 fully saturated rings. The Morgan fingerprint density at radius 1 is 1.06 bits per heavy atom. The molecule has 166 valence electrons. The number of hydrogen-bond acceptors (Lipinski definition) is 6. The fourth-order valence-corrected chi connectivity index (χ4v) is 6.34. The molecule has 8 heteroatoms. The van der Waals surface area contributed by atoms with Crippen molar-refractivity contribution < 1.29 is 9.59 Å². The van der Waals surface area contributed by atoms with E-state index in [-0.39, 0.29) is 17.4 Å². The third-order valence-electron chi connectivity index (χ3n) is 5.59. The third kappa shape index (κ3) is 4.67. The molecular weight excluding hydrogens is 474 g/mol. The zero-order chi connectivity index (χ0) is 22.8. The van der Waals surface area contributed by atoms with Crippen molar-refractivity contribution in [3.8, 4) is 0 Å². The van der Waals surface area contributed by atoms with Crippen LogP contribution >= 0.6 is 34.7 Å². The summed E-state index contributed by atoms with van der Waals surface area (Å²) >= 11 is 9.29. The average Bonchev–Trinajstić information content (AvgIpc) is 3.23. The number of aryl methyl sites for hydroxylation is 2. The number of thiophene rings is 1. The van der Waals surface area contributed by atoms with Gasteiger partial charge in [0.1, 0.15) is 16.2 Å². The van der Waals surface area contributed by atoms with Gasteiger partial charge in [-0.05, 0) is 49.4 Å². The minimum atomic E-state index is -0.208. The molecule has 2 heterocycles. The normalized spacial score (nSPS) is 13.0. The van der Waals surface area contributed by atoms with Gasteiger partial charge in [0.15, 0.2) is 5.78 Å². The van der Waals surface area contributed by atoms with Crippen LogP contribution in [0.25, 0.3) is 10.2 Å². The van der Waals surface area contributed by atoms with Crippen LogP contribution in [0.5, 0.6) is 0 Å². The maximum Gasteiger partial charge on any atom is 0.234 e. The van der Waals surface area contributed by atoms with Gasteiger partial charge in [-0.1, -0.05) is 53.7 Å². The number of carbonyl (C=O) groups excluding carboxylic acids is 2. The Bertz CT molecular complexity index is 1350. The van der Waals surface area contributed by atoms with E-state index in [2.05, 4.69) is 15.3 Å². The van der Waals surface area contributed by atoms with Crippen LogP contribution in [0, 0.1) is 0 Å². The number of hydrogen-bond donors (Lipinski definition) is 1. The number of nitrogens with one attached hydrogen (secondary N) is 1. The van der Waals surface area contributed by atoms with Crippen molar-refractivity contribution in [3.63, 3.8) is 0 Å². The lowest BCUT2D eigenvalue weighted by molar-refractivity contribution is -0.113. The minimum Gasteiger partial charge on any atom is -0.325 e. The van der Waals surface area contributed by atoms with Crippen LogP contribution in [-0.4, -0.2) is 27.4 Å². The van der Waals surface area contributed by atoms with Gasteiger partial charge in [-0.15, -0.1) is 11.3 Å². The second kappa shape index (κ2) is 9.63. The second-order valence-electron chi connectivity index (χ2n) is 7.79. The maximum atomic E-state index is 13.0. The van der Waals surface area contributed by atoms with Gasteiger partial charge in [0.05, 0.1) is 11.4 Å². The Balaban J connectivity index is 1.35. The Morgan fingerprint density at radius 2 is 1.88 bits per heavy atom. The van der Waals surface area contributed by atoms with Crippen LogP contribution in [0.2, 0.25) is 5.02 Å². The first kappa shape index (κ1) is 22.1. The number of thioether (sulfide) groups is 1. The summed E-state index contributed by atoms with van der Waals surface area (Å²) in [4.78, 5) is 37.1. The van der Waals surface area contributed by atoms with Crippen molar-refractivity contribution in [1.29, 1.82) is 0 Å². The molecule has 0 radical (unpaired) electrons. The lowest BCUT2D eigenvalue weighted by Crippen LogP contribution is -2.17. The number of aromatic nitrogens is 2. The average molecular weight is 494 g/mol. The molecule has 0 saturated heterocycles. The van der Waals surface area contributed by atoms with E-state index in [1.165, 1.54) is 35.0 Å². The highest BCUT2D eigenvalue weighted by Gasteiger charge is 2.21. The van der Waals surface area contributed by atoms with Gasteiger partial charge in [0, 0.05) is 26.4 Å². The van der Waals surface area contributed by atoms with Gasteiger partial charge in [0.25, 0.3) is 0 Å². The number of anilines is 1. The Labute approximate surface area is 204 Å². The highest BCUT2D eigenvalue weighted by Crippen LogP contribution is 2.39. The lowest BCUT2D eigenvalue weighted by atomic mass is 9.97. The number of halogens is 1. The quantitative estimate of drug-likeness (QED) is 0.197. The first-order valence-corrected chi connectivity index (χ1v) is 12.9. The van der Waals surface area contributed by atoms with Crippen molar-refractivity contribution >= 4 is 62.3 Å². The smallest absolute Gasteiger partial charge is 0.234 e. The first-order valence-electron chi connectivity index (χ1n) is 10.7. The highest BCUT2D eigenvalue weighted by molar-refractivity contribution is 8.00. The molecule has 0 atom stereocenters. The molecule has 2 aromatic heterocycles. The molecule has 1 aliphatic carbocycles. The van der Waals surface area contributed by atoms with Gasteiger partial charge < -0.3 is 5.32 Å². The van der Waals surface area contributed by atoms with Gasteiger partial charge in [0.2, 0.25) is 5.91 Å². The fourth-order valence-electron chi connectivity index (χ4n) is 4.05. The molecule has 4 aromatic rings. The third-order valence-corrected chi connectivity index (χ3v) is 8.02. The molecule has 1 aliphatic rings. The van der Waals surface area contributed by atoms with Gasteiger partial charge >= 0.3 is 0 Å². The molecule has 0 unspecified atom stereocenters. The van der Waals surface area contributed by atoms with Crippen LogP contribution in [0.1, 0.15) is 39.2 Å². The van der Waals surface area contributed by atoms with Crippen LogP contribution in [0.4, 0.5) is 5.69 Å². The Morgan fingerprint density at radius 3 is 2.73 bits per heavy atom. The molecule has 33 heavy (non-hydrogen) atoms. The topological polar surface area (TPSA) is 72.0 Å². The van der Waals surface area contributed by atoms with Crippen LogP contribution in [0.3, 0.4) is 0 Å². The standard InChI is InChI=1S/C25H20ClN3O2S2/c26-16-10-11-19(18(12-16)23(31)15-6-2-1-3-7-15)29-21(30)13-32-24-22-17-8-4-5-9-20(17)33-25(22)28-14-27-24/h1-3,6-7,10-12,14H,4-5,8-9,13H2,(H,29,30). The summed E-state index contributed by atoms with van der Waals surface area (Å²) in [5.41, 5.74) is 2.69. The van der Waals surface area contributed by atoms with E-state index in [1.807, 2.05) is 6.07 Å². The predicted molar refractivity (Wildman–Crippen MR) is 135 cm³/mol. The summed E-state index contributed by atoms with van der Waals surface area (Å²) in [7, 11) is 0. The molecule has 5 rings (SSSR count). The molecule has 0 bridgehead atoms. The van der Waals surface area contributed by atoms with E-state index < -0.39 is 0 Å². The second-order valence-corrected chi connectivity index (χ2v) is 10.3. The lowest BCUT2D eigenvalue weighted by Gasteiger charge is -2.12. The zero-order valence-electron chi connectivity index (χ0n) is 17.6. The molecule has 1 N–H and O–H groups in total. The van der Waals surface area contributed by atoms with E-state index in [1.54, 1.807) is 60.1 Å². The van der Waals surface area contributed by atoms with E-state index in [0.717, 1.165) is 28.1 Å². The van der Waals surface area contributed by atoms with Crippen molar-refractivity contribution in [2.45, 2.75) is 30.7 Å². The van der Waals surface area contributed by atoms with Crippen molar-refractivity contribution in [3.05, 3.63) is 81.4 Å². The molecule has 0 aliphatic heterocycles. The molecule has 0 spiro atoms. The van der Waals surface area contributed by atoms with Crippen LogP contribution in [0.15, 0.2) is 59.9 Å². The monoisotopic (exact) mass is 493 g/mol. The SMILES string of the molecule is O=C(CSc1ncnc2sc3c(c12)CCCC3)Nc1ccc(Cl)cc1C(=O)c1ccccc1. The number of nitrogens with zero attached hydrogens (tertiary/aromatic N) is 2. The number of benzene rings is 2. The molecular formula is C25H20ClN3O2S2. The number of fused-ring (bicyclic) bond motifs is 3. The molecule has 2 aromatic carbocycles. The van der Waals surface area contributed by atoms with E-state index in [9.17, 15) is 9.59 Å². The number of ketones is 1. The van der Waals surface area contributed by atoms with Gasteiger partial charge in [-0.3, -0.25) is 9.59 Å². The largest absolute Gasteiger partial charge is 0.325 e. The minimum absolute atomic E-state index is 0.179. The highest BCUT2D eigenvalue weighted by atomic mass is 35.5. The Hall–Kier alpha value is -2.74. The first-order chi connectivity index (χ1) is 16.1. The van der Waals surface area contributed by atoms with Crippen molar-refractivity contribution in [2.24, 2.45) is 0 Å². The zero-order valence-corrected chi connectivity index (χ0v) is 20.0. The summed E-state index contributed by atoms with van der Waals surface area (Å²) in [5.74, 6) is -0.220. The fraction of sp³-hybridized carbons (Fsp3) is 0.200. The van der Waals surface area contributed by atoms with Gasteiger partial charge in [-0.25, -0.2) is 9.97 Å². The Kier molecular flexibility index (Phi) is 6.44. The molecule has 1 amide bonds. The van der Waals surface area contributed by atoms with E-state index in [0.29, 0.717) is 21.8 Å². The van der Waals surface area contributed by atoms with Crippen molar-refractivity contribution in [2.75, 3.05) is 11.1 Å². The number of carbonyl (C=O) groups is 2. The summed E-state index contributed by atoms with van der Waals surface area (Å²) < 4.78 is 0. The van der Waals surface area contributed by atoms with Crippen LogP contribution in [-0.2, 0) is 17.6 Å². The molecule has 5 nitrogen and oxygen atoms in total. The summed E-state index contributed by atoms with van der Waals surface area (Å²) in [6.45, 7) is 0. The number of rotatable bonds is 6. The maximum absolute atomic E-state index is 13.0. The number of amides is 1. The van der Waals surface area contributed by atoms with Crippen molar-refractivity contribution in [1.82, 2.24) is 9.97 Å². The van der Waals surface area contributed by atoms with E-state index >= 15 is 0 Å².